The minimum Gasteiger partial charge on any atom is -0.466 e. The molecule has 2 N–H and O–H groups in total. The number of carbonyl (C=O) groups is 2. The van der Waals surface area contributed by atoms with Crippen LogP contribution in [0.1, 0.15) is 36.3 Å². The molecule has 37 heavy (non-hydrogen) atoms. The number of nitriles is 2. The van der Waals surface area contributed by atoms with Crippen LogP contribution in [0.15, 0.2) is 71.2 Å². The number of hydrogen-bond acceptors (Lipinski definition) is 9. The van der Waals surface area contributed by atoms with E-state index < -0.39 is 17.9 Å². The number of piperidine rings is 1. The van der Waals surface area contributed by atoms with Crippen molar-refractivity contribution in [1.82, 2.24) is 0 Å². The Morgan fingerprint density at radius 3 is 2.19 bits per heavy atom. The van der Waals surface area contributed by atoms with Gasteiger partial charge in [-0.05, 0) is 43.0 Å². The quantitative estimate of drug-likeness (QED) is 0.617. The monoisotopic (exact) mass is 497 g/mol. The average Bonchev–Trinajstić information content (AvgIpc) is 2.96. The predicted octanol–water partition coefficient (Wildman–Crippen LogP) is 3.45. The molecule has 1 unspecified atom stereocenters. The molecule has 2 aliphatic heterocycles. The maximum Gasteiger partial charge on any atom is 0.355 e. The zero-order valence-corrected chi connectivity index (χ0v) is 20.7. The van der Waals surface area contributed by atoms with Crippen molar-refractivity contribution < 1.29 is 19.1 Å². The van der Waals surface area contributed by atoms with Gasteiger partial charge in [0.15, 0.2) is 0 Å². The van der Waals surface area contributed by atoms with Crippen LogP contribution < -0.4 is 15.5 Å². The molecule has 2 heterocycles. The van der Waals surface area contributed by atoms with Crippen molar-refractivity contribution in [2.75, 3.05) is 37.1 Å². The van der Waals surface area contributed by atoms with Gasteiger partial charge in [0.05, 0.1) is 60.4 Å². The summed E-state index contributed by atoms with van der Waals surface area (Å²) in [5.74, 6) is -2.61. The van der Waals surface area contributed by atoms with Gasteiger partial charge in [-0.15, -0.1) is 0 Å². The molecule has 0 amide bonds. The second-order valence-corrected chi connectivity index (χ2v) is 8.70. The first kappa shape index (κ1) is 25.3. The van der Waals surface area contributed by atoms with E-state index in [9.17, 15) is 20.1 Å². The minimum atomic E-state index is -0.957. The van der Waals surface area contributed by atoms with E-state index in [2.05, 4.69) is 17.0 Å². The van der Waals surface area contributed by atoms with E-state index in [0.29, 0.717) is 16.8 Å². The second kappa shape index (κ2) is 10.9. The number of rotatable bonds is 5. The van der Waals surface area contributed by atoms with E-state index in [4.69, 9.17) is 15.2 Å². The highest BCUT2D eigenvalue weighted by Crippen LogP contribution is 2.45. The Labute approximate surface area is 215 Å². The first-order valence-corrected chi connectivity index (χ1v) is 11.9. The molecule has 188 valence electrons. The molecular formula is C28H27N5O4. The number of hydrogen-bond donors (Lipinski definition) is 1. The van der Waals surface area contributed by atoms with Gasteiger partial charge in [0.25, 0.3) is 0 Å². The number of allylic oxidation sites excluding steroid dienone is 1. The molecule has 1 fully saturated rings. The largest absolute Gasteiger partial charge is 0.466 e. The molecule has 0 radical (unpaired) electrons. The van der Waals surface area contributed by atoms with Gasteiger partial charge >= 0.3 is 11.9 Å². The van der Waals surface area contributed by atoms with E-state index in [1.54, 1.807) is 48.5 Å². The highest BCUT2D eigenvalue weighted by molar-refractivity contribution is 6.07. The zero-order chi connectivity index (χ0) is 26.5. The number of esters is 2. The Morgan fingerprint density at radius 1 is 0.919 bits per heavy atom. The molecule has 0 saturated carbocycles. The number of carbonyl (C=O) groups excluding carboxylic acids is 2. The molecule has 2 aliphatic rings. The lowest BCUT2D eigenvalue weighted by atomic mass is 9.81. The molecule has 0 bridgehead atoms. The summed E-state index contributed by atoms with van der Waals surface area (Å²) >= 11 is 0. The van der Waals surface area contributed by atoms with Gasteiger partial charge in [-0.1, -0.05) is 30.3 Å². The predicted molar refractivity (Wildman–Crippen MR) is 137 cm³/mol. The summed E-state index contributed by atoms with van der Waals surface area (Å²) in [5.41, 5.74) is 8.55. The molecule has 0 aromatic heterocycles. The topological polar surface area (TPSA) is 133 Å². The summed E-state index contributed by atoms with van der Waals surface area (Å²) in [5, 5.41) is 19.9. The van der Waals surface area contributed by atoms with Crippen molar-refractivity contribution in [3.63, 3.8) is 0 Å². The smallest absolute Gasteiger partial charge is 0.355 e. The highest BCUT2D eigenvalue weighted by Gasteiger charge is 2.43. The van der Waals surface area contributed by atoms with Crippen molar-refractivity contribution in [3.8, 4) is 12.1 Å². The molecule has 1 atom stereocenters. The van der Waals surface area contributed by atoms with Crippen LogP contribution in [0.5, 0.6) is 0 Å². The number of ether oxygens (including phenoxy) is 2. The number of nitrogens with zero attached hydrogens (tertiary/aromatic N) is 4. The summed E-state index contributed by atoms with van der Waals surface area (Å²) in [6.07, 6.45) is 3.07. The van der Waals surface area contributed by atoms with E-state index in [0.717, 1.165) is 38.0 Å². The summed E-state index contributed by atoms with van der Waals surface area (Å²) in [7, 11) is 2.41. The summed E-state index contributed by atoms with van der Waals surface area (Å²) in [4.78, 5) is 30.2. The minimum absolute atomic E-state index is 0.0299. The van der Waals surface area contributed by atoms with E-state index in [-0.39, 0.29) is 22.7 Å². The van der Waals surface area contributed by atoms with Crippen LogP contribution in [-0.2, 0) is 19.1 Å². The van der Waals surface area contributed by atoms with Gasteiger partial charge in [0.1, 0.15) is 11.5 Å². The maximum absolute atomic E-state index is 13.4. The van der Waals surface area contributed by atoms with Crippen LogP contribution in [0, 0.1) is 22.7 Å². The second-order valence-electron chi connectivity index (χ2n) is 8.70. The van der Waals surface area contributed by atoms with Crippen LogP contribution in [0.3, 0.4) is 0 Å². The van der Waals surface area contributed by atoms with E-state index in [1.165, 1.54) is 19.1 Å². The van der Waals surface area contributed by atoms with E-state index >= 15 is 0 Å². The number of nitrogens with two attached hydrogens (primary N) is 1. The van der Waals surface area contributed by atoms with Gasteiger partial charge in [0.2, 0.25) is 0 Å². The molecule has 0 spiro atoms. The van der Waals surface area contributed by atoms with Gasteiger partial charge in [-0.3, -0.25) is 4.90 Å². The van der Waals surface area contributed by atoms with E-state index in [1.807, 2.05) is 0 Å². The van der Waals surface area contributed by atoms with Crippen molar-refractivity contribution in [2.45, 2.75) is 25.2 Å². The van der Waals surface area contributed by atoms with Crippen molar-refractivity contribution in [2.24, 2.45) is 5.73 Å². The van der Waals surface area contributed by atoms with Crippen LogP contribution in [0.2, 0.25) is 0 Å². The fourth-order valence-electron chi connectivity index (χ4n) is 4.94. The normalized spacial score (nSPS) is 17.7. The molecule has 2 aromatic carbocycles. The van der Waals surface area contributed by atoms with Crippen molar-refractivity contribution >= 4 is 23.3 Å². The first-order valence-electron chi connectivity index (χ1n) is 11.9. The first-order chi connectivity index (χ1) is 18.0. The summed E-state index contributed by atoms with van der Waals surface area (Å²) < 4.78 is 10.2. The molecule has 1 saturated heterocycles. The molecule has 9 nitrogen and oxygen atoms in total. The zero-order valence-electron chi connectivity index (χ0n) is 20.7. The molecule has 4 rings (SSSR count). The van der Waals surface area contributed by atoms with Gasteiger partial charge < -0.3 is 20.1 Å². The third-order valence-electron chi connectivity index (χ3n) is 6.65. The third kappa shape index (κ3) is 4.60. The lowest BCUT2D eigenvalue weighted by Crippen LogP contribution is -2.42. The van der Waals surface area contributed by atoms with Crippen LogP contribution in [0.4, 0.5) is 11.4 Å². The maximum atomic E-state index is 13.4. The summed E-state index contributed by atoms with van der Waals surface area (Å²) in [6.45, 7) is 1.55. The molecular weight excluding hydrogens is 470 g/mol. The Kier molecular flexibility index (Phi) is 7.45. The lowest BCUT2D eigenvalue weighted by Gasteiger charge is -2.39. The van der Waals surface area contributed by atoms with Crippen LogP contribution in [0.25, 0.3) is 0 Å². The summed E-state index contributed by atoms with van der Waals surface area (Å²) in [6, 6.07) is 18.2. The molecule has 0 aliphatic carbocycles. The van der Waals surface area contributed by atoms with Crippen LogP contribution >= 0.6 is 0 Å². The lowest BCUT2D eigenvalue weighted by molar-refractivity contribution is -0.139. The Hall–Kier alpha value is -4.76. The fraction of sp³-hybridized carbons (Fsp3) is 0.286. The number of anilines is 2. The van der Waals surface area contributed by atoms with Gasteiger partial charge in [-0.25, -0.2) is 9.59 Å². The third-order valence-corrected chi connectivity index (χ3v) is 6.65. The van der Waals surface area contributed by atoms with Gasteiger partial charge in [0, 0.05) is 13.1 Å². The Balaban J connectivity index is 2.08. The van der Waals surface area contributed by atoms with Crippen molar-refractivity contribution in [1.29, 1.82) is 10.5 Å². The van der Waals surface area contributed by atoms with Gasteiger partial charge in [-0.2, -0.15) is 10.5 Å². The molecule has 9 heteroatoms. The number of benzene rings is 2. The Morgan fingerprint density at radius 2 is 1.59 bits per heavy atom. The van der Waals surface area contributed by atoms with Crippen LogP contribution in [-0.4, -0.2) is 39.2 Å². The standard InChI is InChI=1S/C28H27N5O4/c1-36-27(34)24-23(19-9-5-3-6-10-19)20(17-30)26(31)33(25(24)28(35)37-2)22-15-18(16-29)11-12-21(22)32-13-7-4-8-14-32/h3,5-6,9-12,15,23H,4,7-8,13-14,31H2,1-2H3. The highest BCUT2D eigenvalue weighted by atomic mass is 16.5. The Bertz CT molecular complexity index is 1360. The number of methoxy groups -OCH3 is 2. The SMILES string of the molecule is COC(=O)C1=C(C(=O)OC)N(c2cc(C#N)ccc2N2CCCCC2)C(N)=C(C#N)C1c1ccccc1. The fourth-order valence-corrected chi connectivity index (χ4v) is 4.94. The molecule has 2 aromatic rings. The van der Waals surface area contributed by atoms with Crippen molar-refractivity contribution in [3.05, 3.63) is 82.3 Å². The average molecular weight is 498 g/mol.